The minimum Gasteiger partial charge on any atom is -0.376 e. The maximum atomic E-state index is 12.3. The molecule has 116 valence electrons. The first-order valence-corrected chi connectivity index (χ1v) is 7.76. The van der Waals surface area contributed by atoms with E-state index in [0.717, 1.165) is 25.0 Å². The Kier molecular flexibility index (Phi) is 5.62. The van der Waals surface area contributed by atoms with Crippen molar-refractivity contribution in [1.29, 1.82) is 0 Å². The number of hydrogen-bond donors (Lipinski definition) is 1. The third kappa shape index (κ3) is 4.46. The fraction of sp³-hybridized carbons (Fsp3) is 0.588. The second-order valence-corrected chi connectivity index (χ2v) is 5.90. The summed E-state index contributed by atoms with van der Waals surface area (Å²) in [5.41, 5.74) is 2.36. The van der Waals surface area contributed by atoms with Gasteiger partial charge in [0.2, 0.25) is 0 Å². The molecule has 4 heteroatoms. The molecular formula is C17H26N2O2. The highest BCUT2D eigenvalue weighted by atomic mass is 16.5. The molecule has 0 aromatic heterocycles. The van der Waals surface area contributed by atoms with E-state index in [1.54, 1.807) is 4.90 Å². The quantitative estimate of drug-likeness (QED) is 0.924. The van der Waals surface area contributed by atoms with Crippen molar-refractivity contribution in [1.82, 2.24) is 10.2 Å². The van der Waals surface area contributed by atoms with Crippen LogP contribution in [0.5, 0.6) is 0 Å². The highest BCUT2D eigenvalue weighted by molar-refractivity contribution is 5.74. The number of benzene rings is 1. The molecule has 1 aliphatic rings. The number of urea groups is 1. The molecule has 1 aliphatic heterocycles. The van der Waals surface area contributed by atoms with Crippen molar-refractivity contribution in [3.8, 4) is 0 Å². The maximum Gasteiger partial charge on any atom is 0.317 e. The molecular weight excluding hydrogens is 264 g/mol. The van der Waals surface area contributed by atoms with Crippen molar-refractivity contribution in [2.45, 2.75) is 45.3 Å². The molecule has 1 saturated heterocycles. The summed E-state index contributed by atoms with van der Waals surface area (Å²) in [6, 6.07) is 8.11. The van der Waals surface area contributed by atoms with E-state index in [1.807, 2.05) is 26.1 Å². The lowest BCUT2D eigenvalue weighted by Gasteiger charge is -2.28. The fourth-order valence-corrected chi connectivity index (χ4v) is 2.79. The molecule has 1 aromatic carbocycles. The molecule has 2 atom stereocenters. The van der Waals surface area contributed by atoms with Gasteiger partial charge in [0.15, 0.2) is 0 Å². The van der Waals surface area contributed by atoms with Crippen LogP contribution in [0.2, 0.25) is 0 Å². The molecule has 1 fully saturated rings. The molecule has 2 rings (SSSR count). The number of ether oxygens (including phenoxy) is 1. The van der Waals surface area contributed by atoms with Crippen LogP contribution in [0, 0.1) is 6.92 Å². The van der Waals surface area contributed by atoms with Gasteiger partial charge in [-0.3, -0.25) is 0 Å². The minimum atomic E-state index is -0.0417. The number of rotatable bonds is 4. The number of carbonyl (C=O) groups excluding carboxylic acids is 1. The normalized spacial score (nSPS) is 19.9. The predicted molar refractivity (Wildman–Crippen MR) is 84.3 cm³/mol. The molecule has 4 nitrogen and oxygen atoms in total. The van der Waals surface area contributed by atoms with Crippen LogP contribution in [0.4, 0.5) is 4.79 Å². The molecule has 1 N–H and O–H groups in total. The lowest BCUT2D eigenvalue weighted by Crippen LogP contribution is -2.43. The van der Waals surface area contributed by atoms with Crippen LogP contribution in [0.15, 0.2) is 24.3 Å². The number of amides is 2. The van der Waals surface area contributed by atoms with Crippen molar-refractivity contribution in [3.63, 3.8) is 0 Å². The number of nitrogens with zero attached hydrogens (tertiary/aromatic N) is 1. The van der Waals surface area contributed by atoms with Crippen LogP contribution in [0.1, 0.15) is 43.4 Å². The number of likely N-dealkylation sites (N-methyl/N-ethyl adjacent to an activating group) is 1. The van der Waals surface area contributed by atoms with E-state index >= 15 is 0 Å². The first-order valence-electron chi connectivity index (χ1n) is 7.76. The van der Waals surface area contributed by atoms with Gasteiger partial charge in [0.1, 0.15) is 0 Å². The monoisotopic (exact) mass is 290 g/mol. The summed E-state index contributed by atoms with van der Waals surface area (Å²) in [6.07, 6.45) is 3.56. The molecule has 1 aromatic rings. The molecule has 0 saturated carbocycles. The molecule has 21 heavy (non-hydrogen) atoms. The molecule has 0 spiro atoms. The Morgan fingerprint density at radius 1 is 1.43 bits per heavy atom. The number of nitrogens with one attached hydrogen (secondary N) is 1. The molecule has 2 amide bonds. The standard InChI is InChI=1S/C17H26N2O2/c1-13-8-4-5-10-16(13)14(2)18-17(20)19(3)12-15-9-6-7-11-21-15/h4-5,8,10,14-15H,6-7,9,11-12H2,1-3H3,(H,18,20). The summed E-state index contributed by atoms with van der Waals surface area (Å²) in [5.74, 6) is 0. The Bertz CT molecular complexity index is 470. The van der Waals surface area contributed by atoms with Crippen molar-refractivity contribution in [2.75, 3.05) is 20.2 Å². The summed E-state index contributed by atoms with van der Waals surface area (Å²) < 4.78 is 5.69. The van der Waals surface area contributed by atoms with Crippen molar-refractivity contribution < 1.29 is 9.53 Å². The van der Waals surface area contributed by atoms with Crippen LogP contribution in [0.25, 0.3) is 0 Å². The van der Waals surface area contributed by atoms with Crippen LogP contribution in [-0.2, 0) is 4.74 Å². The predicted octanol–water partition coefficient (Wildman–Crippen LogP) is 3.27. The van der Waals surface area contributed by atoms with E-state index in [0.29, 0.717) is 6.54 Å². The number of carbonyl (C=O) groups is 1. The summed E-state index contributed by atoms with van der Waals surface area (Å²) in [4.78, 5) is 14.0. The Labute approximate surface area is 127 Å². The van der Waals surface area contributed by atoms with Crippen LogP contribution in [0.3, 0.4) is 0 Å². The average Bonchev–Trinajstić information content (AvgIpc) is 2.48. The second-order valence-electron chi connectivity index (χ2n) is 5.90. The zero-order valence-electron chi connectivity index (χ0n) is 13.3. The lowest BCUT2D eigenvalue weighted by atomic mass is 10.0. The van der Waals surface area contributed by atoms with Gasteiger partial charge < -0.3 is 15.0 Å². The Hall–Kier alpha value is -1.55. The summed E-state index contributed by atoms with van der Waals surface area (Å²) in [5, 5.41) is 3.06. The van der Waals surface area contributed by atoms with Crippen LogP contribution in [-0.4, -0.2) is 37.2 Å². The van der Waals surface area contributed by atoms with Gasteiger partial charge >= 0.3 is 6.03 Å². The highest BCUT2D eigenvalue weighted by Crippen LogP contribution is 2.17. The van der Waals surface area contributed by atoms with Crippen LogP contribution < -0.4 is 5.32 Å². The molecule has 2 unspecified atom stereocenters. The van der Waals surface area contributed by atoms with Crippen molar-refractivity contribution in [2.24, 2.45) is 0 Å². The van der Waals surface area contributed by atoms with Gasteiger partial charge in [0, 0.05) is 20.2 Å². The Morgan fingerprint density at radius 2 is 2.19 bits per heavy atom. The Morgan fingerprint density at radius 3 is 2.86 bits per heavy atom. The zero-order valence-corrected chi connectivity index (χ0v) is 13.3. The summed E-state index contributed by atoms with van der Waals surface area (Å²) in [7, 11) is 1.83. The zero-order chi connectivity index (χ0) is 15.2. The molecule has 0 radical (unpaired) electrons. The smallest absolute Gasteiger partial charge is 0.317 e. The summed E-state index contributed by atoms with van der Waals surface area (Å²) in [6.45, 7) is 5.56. The van der Waals surface area contributed by atoms with Gasteiger partial charge in [0.05, 0.1) is 12.1 Å². The maximum absolute atomic E-state index is 12.3. The second kappa shape index (κ2) is 7.46. The van der Waals surface area contributed by atoms with E-state index in [4.69, 9.17) is 4.74 Å². The van der Waals surface area contributed by atoms with Crippen molar-refractivity contribution >= 4 is 6.03 Å². The summed E-state index contributed by atoms with van der Waals surface area (Å²) >= 11 is 0. The third-order valence-electron chi connectivity index (χ3n) is 4.09. The largest absolute Gasteiger partial charge is 0.376 e. The minimum absolute atomic E-state index is 0.00780. The number of aryl methyl sites for hydroxylation is 1. The van der Waals surface area contributed by atoms with E-state index in [9.17, 15) is 4.79 Å². The third-order valence-corrected chi connectivity index (χ3v) is 4.09. The van der Waals surface area contributed by atoms with Gasteiger partial charge in [0.25, 0.3) is 0 Å². The fourth-order valence-electron chi connectivity index (χ4n) is 2.79. The molecule has 1 heterocycles. The Balaban J connectivity index is 1.86. The van der Waals surface area contributed by atoms with Gasteiger partial charge in [-0.2, -0.15) is 0 Å². The van der Waals surface area contributed by atoms with Gasteiger partial charge in [-0.1, -0.05) is 24.3 Å². The first kappa shape index (κ1) is 15.8. The first-order chi connectivity index (χ1) is 10.1. The number of hydrogen-bond acceptors (Lipinski definition) is 2. The topological polar surface area (TPSA) is 41.6 Å². The lowest BCUT2D eigenvalue weighted by molar-refractivity contribution is 0.00374. The molecule has 0 bridgehead atoms. The van der Waals surface area contributed by atoms with E-state index in [-0.39, 0.29) is 18.2 Å². The van der Waals surface area contributed by atoms with Gasteiger partial charge in [-0.05, 0) is 44.2 Å². The van der Waals surface area contributed by atoms with E-state index < -0.39 is 0 Å². The van der Waals surface area contributed by atoms with Crippen molar-refractivity contribution in [3.05, 3.63) is 35.4 Å². The van der Waals surface area contributed by atoms with E-state index in [1.165, 1.54) is 12.0 Å². The average molecular weight is 290 g/mol. The molecule has 0 aliphatic carbocycles. The highest BCUT2D eigenvalue weighted by Gasteiger charge is 2.20. The van der Waals surface area contributed by atoms with E-state index in [2.05, 4.69) is 24.4 Å². The SMILES string of the molecule is Cc1ccccc1C(C)NC(=O)N(C)CC1CCCCO1. The van der Waals surface area contributed by atoms with Gasteiger partial charge in [-0.25, -0.2) is 4.79 Å². The van der Waals surface area contributed by atoms with Gasteiger partial charge in [-0.15, -0.1) is 0 Å². The van der Waals surface area contributed by atoms with Crippen LogP contribution >= 0.6 is 0 Å².